The number of ether oxygens (including phenoxy) is 2. The van der Waals surface area contributed by atoms with Crippen LogP contribution in [0.4, 0.5) is 0 Å². The molecule has 5 nitrogen and oxygen atoms in total. The van der Waals surface area contributed by atoms with E-state index in [1.54, 1.807) is 0 Å². The van der Waals surface area contributed by atoms with Crippen LogP contribution in [0.1, 0.15) is 66.4 Å². The summed E-state index contributed by atoms with van der Waals surface area (Å²) in [7, 11) is 0. The number of benzene rings is 1. The first kappa shape index (κ1) is 23.0. The SMILES string of the molecule is CCOc1cc(/C=C2\CCC[C@H](C)C2=O)ccc1OCC(=O)N(C(C)C)C(C)C. The Morgan fingerprint density at radius 1 is 1.17 bits per heavy atom. The van der Waals surface area contributed by atoms with Crippen LogP contribution in [0.3, 0.4) is 0 Å². The first-order chi connectivity index (χ1) is 13.7. The minimum Gasteiger partial charge on any atom is -0.490 e. The lowest BCUT2D eigenvalue weighted by atomic mass is 9.84. The summed E-state index contributed by atoms with van der Waals surface area (Å²) in [6.45, 7) is 12.4. The second kappa shape index (κ2) is 10.5. The molecule has 1 aliphatic carbocycles. The van der Waals surface area contributed by atoms with Crippen molar-refractivity contribution in [3.63, 3.8) is 0 Å². The zero-order valence-corrected chi connectivity index (χ0v) is 18.7. The first-order valence-corrected chi connectivity index (χ1v) is 10.7. The molecule has 1 atom stereocenters. The largest absolute Gasteiger partial charge is 0.490 e. The Balaban J connectivity index is 2.17. The summed E-state index contributed by atoms with van der Waals surface area (Å²) in [5, 5.41) is 0. The van der Waals surface area contributed by atoms with E-state index < -0.39 is 0 Å². The molecule has 2 rings (SSSR count). The van der Waals surface area contributed by atoms with Crippen LogP contribution in [0.25, 0.3) is 6.08 Å². The molecule has 0 aliphatic heterocycles. The van der Waals surface area contributed by atoms with Gasteiger partial charge in [-0.1, -0.05) is 13.0 Å². The van der Waals surface area contributed by atoms with Gasteiger partial charge in [-0.3, -0.25) is 9.59 Å². The Hall–Kier alpha value is -2.30. The van der Waals surface area contributed by atoms with Crippen molar-refractivity contribution in [1.29, 1.82) is 0 Å². The molecule has 0 bridgehead atoms. The Kier molecular flexibility index (Phi) is 8.30. The average molecular weight is 402 g/mol. The van der Waals surface area contributed by atoms with Crippen LogP contribution in [-0.2, 0) is 9.59 Å². The molecule has 0 saturated heterocycles. The molecule has 1 aromatic carbocycles. The third-order valence-electron chi connectivity index (χ3n) is 5.21. The summed E-state index contributed by atoms with van der Waals surface area (Å²) in [5.41, 5.74) is 1.79. The van der Waals surface area contributed by atoms with Gasteiger partial charge in [0.25, 0.3) is 5.91 Å². The van der Waals surface area contributed by atoms with Gasteiger partial charge in [0.15, 0.2) is 23.9 Å². The number of nitrogens with zero attached hydrogens (tertiary/aromatic N) is 1. The number of Topliss-reactive ketones (excluding diaryl/α,β-unsaturated/α-hetero) is 1. The average Bonchev–Trinajstić information content (AvgIpc) is 2.64. The van der Waals surface area contributed by atoms with Gasteiger partial charge in [0.1, 0.15) is 0 Å². The van der Waals surface area contributed by atoms with Crippen LogP contribution >= 0.6 is 0 Å². The van der Waals surface area contributed by atoms with E-state index in [2.05, 4.69) is 0 Å². The van der Waals surface area contributed by atoms with Crippen molar-refractivity contribution >= 4 is 17.8 Å². The van der Waals surface area contributed by atoms with Gasteiger partial charge in [0, 0.05) is 18.0 Å². The number of carbonyl (C=O) groups is 2. The zero-order chi connectivity index (χ0) is 21.6. The molecule has 0 heterocycles. The molecule has 0 radical (unpaired) electrons. The summed E-state index contributed by atoms with van der Waals surface area (Å²) >= 11 is 0. The van der Waals surface area contributed by atoms with Crippen molar-refractivity contribution in [2.45, 2.75) is 72.9 Å². The van der Waals surface area contributed by atoms with Gasteiger partial charge in [-0.25, -0.2) is 0 Å². The van der Waals surface area contributed by atoms with E-state index in [9.17, 15) is 9.59 Å². The number of carbonyl (C=O) groups excluding carboxylic acids is 2. The lowest BCUT2D eigenvalue weighted by Crippen LogP contribution is -2.44. The van der Waals surface area contributed by atoms with Crippen LogP contribution in [-0.4, -0.2) is 41.9 Å². The highest BCUT2D eigenvalue weighted by molar-refractivity contribution is 6.01. The van der Waals surface area contributed by atoms with Crippen molar-refractivity contribution in [2.24, 2.45) is 5.92 Å². The van der Waals surface area contributed by atoms with Gasteiger partial charge >= 0.3 is 0 Å². The quantitative estimate of drug-likeness (QED) is 0.583. The molecular weight excluding hydrogens is 366 g/mol. The van der Waals surface area contributed by atoms with E-state index in [1.165, 1.54) is 0 Å². The highest BCUT2D eigenvalue weighted by Gasteiger charge is 2.23. The van der Waals surface area contributed by atoms with Crippen molar-refractivity contribution in [1.82, 2.24) is 4.90 Å². The van der Waals surface area contributed by atoms with Gasteiger partial charge in [0.2, 0.25) is 0 Å². The fraction of sp³-hybridized carbons (Fsp3) is 0.583. The predicted molar refractivity (Wildman–Crippen MR) is 116 cm³/mol. The normalized spacial score (nSPS) is 18.4. The molecule has 0 spiro atoms. The molecule has 29 heavy (non-hydrogen) atoms. The summed E-state index contributed by atoms with van der Waals surface area (Å²) < 4.78 is 11.6. The number of rotatable bonds is 8. The number of ketones is 1. The van der Waals surface area contributed by atoms with Gasteiger partial charge in [-0.05, 0) is 83.2 Å². The van der Waals surface area contributed by atoms with Crippen molar-refractivity contribution in [3.05, 3.63) is 29.3 Å². The summed E-state index contributed by atoms with van der Waals surface area (Å²) in [6.07, 6.45) is 4.78. The maximum atomic E-state index is 12.6. The van der Waals surface area contributed by atoms with Crippen LogP contribution < -0.4 is 9.47 Å². The number of hydrogen-bond donors (Lipinski definition) is 0. The monoisotopic (exact) mass is 401 g/mol. The molecule has 0 unspecified atom stereocenters. The Bertz CT molecular complexity index is 743. The van der Waals surface area contributed by atoms with Crippen LogP contribution in [0, 0.1) is 5.92 Å². The molecule has 1 amide bonds. The van der Waals surface area contributed by atoms with E-state index in [0.29, 0.717) is 18.1 Å². The fourth-order valence-electron chi connectivity index (χ4n) is 3.90. The van der Waals surface area contributed by atoms with Crippen LogP contribution in [0.2, 0.25) is 0 Å². The van der Waals surface area contributed by atoms with E-state index in [1.807, 2.05) is 70.7 Å². The maximum absolute atomic E-state index is 12.6. The van der Waals surface area contributed by atoms with E-state index in [4.69, 9.17) is 9.47 Å². The standard InChI is InChI=1S/C24H35NO4/c1-7-28-22-14-19(13-20-10-8-9-18(6)24(20)27)11-12-21(22)29-15-23(26)25(16(2)3)17(4)5/h11-14,16-18H,7-10,15H2,1-6H3/b20-13+/t18-/m0/s1. The third kappa shape index (κ3) is 6.09. The molecular formula is C24H35NO4. The third-order valence-corrected chi connectivity index (χ3v) is 5.21. The van der Waals surface area contributed by atoms with Crippen LogP contribution in [0.15, 0.2) is 23.8 Å². The predicted octanol–water partition coefficient (Wildman–Crippen LogP) is 4.88. The molecule has 0 N–H and O–H groups in total. The Labute approximate surface area is 175 Å². The lowest BCUT2D eigenvalue weighted by molar-refractivity contribution is -0.137. The summed E-state index contributed by atoms with van der Waals surface area (Å²) in [6, 6.07) is 5.83. The molecule has 5 heteroatoms. The minimum absolute atomic E-state index is 0.0349. The minimum atomic E-state index is -0.0505. The van der Waals surface area contributed by atoms with Crippen molar-refractivity contribution < 1.29 is 19.1 Å². The van der Waals surface area contributed by atoms with E-state index in [-0.39, 0.29) is 36.3 Å². The van der Waals surface area contributed by atoms with Gasteiger partial charge < -0.3 is 14.4 Å². The first-order valence-electron chi connectivity index (χ1n) is 10.7. The van der Waals surface area contributed by atoms with E-state index in [0.717, 1.165) is 30.4 Å². The highest BCUT2D eigenvalue weighted by atomic mass is 16.5. The zero-order valence-electron chi connectivity index (χ0n) is 18.7. The molecule has 1 saturated carbocycles. The topological polar surface area (TPSA) is 55.8 Å². The van der Waals surface area contributed by atoms with E-state index >= 15 is 0 Å². The second-order valence-electron chi connectivity index (χ2n) is 8.24. The maximum Gasteiger partial charge on any atom is 0.260 e. The number of amides is 1. The van der Waals surface area contributed by atoms with Gasteiger partial charge in [0.05, 0.1) is 6.61 Å². The van der Waals surface area contributed by atoms with Crippen molar-refractivity contribution in [2.75, 3.05) is 13.2 Å². The smallest absolute Gasteiger partial charge is 0.260 e. The lowest BCUT2D eigenvalue weighted by Gasteiger charge is -2.30. The molecule has 1 aliphatic rings. The fourth-order valence-corrected chi connectivity index (χ4v) is 3.90. The Morgan fingerprint density at radius 3 is 2.48 bits per heavy atom. The van der Waals surface area contributed by atoms with Gasteiger partial charge in [-0.15, -0.1) is 0 Å². The summed E-state index contributed by atoms with van der Waals surface area (Å²) in [4.78, 5) is 26.8. The molecule has 1 fully saturated rings. The van der Waals surface area contributed by atoms with Crippen LogP contribution in [0.5, 0.6) is 11.5 Å². The number of hydrogen-bond acceptors (Lipinski definition) is 4. The highest BCUT2D eigenvalue weighted by Crippen LogP contribution is 2.31. The van der Waals surface area contributed by atoms with Gasteiger partial charge in [-0.2, -0.15) is 0 Å². The molecule has 0 aromatic heterocycles. The van der Waals surface area contributed by atoms with Crippen molar-refractivity contribution in [3.8, 4) is 11.5 Å². The molecule has 1 aromatic rings. The molecule has 160 valence electrons. The Morgan fingerprint density at radius 2 is 1.86 bits per heavy atom. The number of allylic oxidation sites excluding steroid dienone is 1. The summed E-state index contributed by atoms with van der Waals surface area (Å²) in [5.74, 6) is 1.41. The second-order valence-corrected chi connectivity index (χ2v) is 8.24.